The van der Waals surface area contributed by atoms with Crippen LogP contribution in [0.25, 0.3) is 0 Å². The number of hydrogen-bond donors (Lipinski definition) is 1. The van der Waals surface area contributed by atoms with Crippen LogP contribution in [0, 0.1) is 18.6 Å². The molecule has 7 nitrogen and oxygen atoms in total. The Balaban J connectivity index is 1.57. The van der Waals surface area contributed by atoms with Crippen molar-refractivity contribution in [3.05, 3.63) is 131 Å². The average molecular weight is 646 g/mol. The molecule has 240 valence electrons. The fourth-order valence-corrected chi connectivity index (χ4v) is 7.12. The van der Waals surface area contributed by atoms with Gasteiger partial charge in [0.25, 0.3) is 10.0 Å². The summed E-state index contributed by atoms with van der Waals surface area (Å²) < 4.78 is 57.8. The number of rotatable bonds is 12. The molecule has 0 aliphatic heterocycles. The predicted octanol–water partition coefficient (Wildman–Crippen LogP) is 6.17. The predicted molar refractivity (Wildman–Crippen MR) is 173 cm³/mol. The van der Waals surface area contributed by atoms with Gasteiger partial charge in [0.2, 0.25) is 11.8 Å². The number of carbonyl (C=O) groups is 2. The van der Waals surface area contributed by atoms with Gasteiger partial charge in [0.15, 0.2) is 0 Å². The molecule has 0 bridgehead atoms. The molecule has 0 radical (unpaired) electrons. The van der Waals surface area contributed by atoms with Gasteiger partial charge in [-0.1, -0.05) is 79.1 Å². The lowest BCUT2D eigenvalue weighted by Gasteiger charge is -2.34. The molecule has 0 saturated heterocycles. The minimum absolute atomic E-state index is 0.0425. The first-order valence-electron chi connectivity index (χ1n) is 15.3. The van der Waals surface area contributed by atoms with Crippen LogP contribution < -0.4 is 9.62 Å². The number of carbonyl (C=O) groups excluding carboxylic acids is 2. The third kappa shape index (κ3) is 7.98. The fraction of sp³-hybridized carbons (Fsp3) is 0.278. The molecule has 1 atom stereocenters. The van der Waals surface area contributed by atoms with Crippen LogP contribution in [-0.4, -0.2) is 43.8 Å². The minimum atomic E-state index is -4.37. The maximum Gasteiger partial charge on any atom is 0.264 e. The number of nitrogens with one attached hydrogen (secondary N) is 1. The van der Waals surface area contributed by atoms with Gasteiger partial charge in [-0.2, -0.15) is 0 Å². The second-order valence-corrected chi connectivity index (χ2v) is 13.5. The summed E-state index contributed by atoms with van der Waals surface area (Å²) in [7, 11) is -4.37. The quantitative estimate of drug-likeness (QED) is 0.200. The lowest BCUT2D eigenvalue weighted by molar-refractivity contribution is -0.140. The summed E-state index contributed by atoms with van der Waals surface area (Å²) >= 11 is 0. The van der Waals surface area contributed by atoms with E-state index >= 15 is 4.39 Å². The molecule has 2 amide bonds. The molecule has 1 fully saturated rings. The highest BCUT2D eigenvalue weighted by atomic mass is 32.2. The molecular formula is C36H37F2N3O4S. The maximum atomic E-state index is 15.1. The van der Waals surface area contributed by atoms with Gasteiger partial charge >= 0.3 is 0 Å². The SMILES string of the molecule is Cc1ccc(N(CC(=O)N(Cc2ccccc2F)[C@@H](Cc2ccccc2)C(=O)NC2CCCC2)S(=O)(=O)c2ccc(F)cc2)cc1. The highest BCUT2D eigenvalue weighted by molar-refractivity contribution is 7.92. The number of aryl methyl sites for hydroxylation is 1. The molecule has 10 heteroatoms. The molecule has 0 aromatic heterocycles. The Hall–Kier alpha value is -4.57. The van der Waals surface area contributed by atoms with Crippen molar-refractivity contribution in [2.24, 2.45) is 0 Å². The zero-order valence-electron chi connectivity index (χ0n) is 25.6. The molecule has 0 heterocycles. The fourth-order valence-electron chi connectivity index (χ4n) is 5.71. The summed E-state index contributed by atoms with van der Waals surface area (Å²) in [5, 5.41) is 3.09. The van der Waals surface area contributed by atoms with Gasteiger partial charge in [0.05, 0.1) is 10.6 Å². The van der Waals surface area contributed by atoms with Crippen molar-refractivity contribution < 1.29 is 26.8 Å². The molecule has 1 aliphatic carbocycles. The van der Waals surface area contributed by atoms with E-state index in [0.29, 0.717) is 0 Å². The monoisotopic (exact) mass is 645 g/mol. The van der Waals surface area contributed by atoms with Crippen LogP contribution in [0.4, 0.5) is 14.5 Å². The number of nitrogens with zero attached hydrogens (tertiary/aromatic N) is 2. The normalized spacial score (nSPS) is 14.1. The molecule has 0 unspecified atom stereocenters. The zero-order chi connectivity index (χ0) is 32.7. The van der Waals surface area contributed by atoms with Crippen LogP contribution in [-0.2, 0) is 32.6 Å². The van der Waals surface area contributed by atoms with Crippen LogP contribution in [0.2, 0.25) is 0 Å². The van der Waals surface area contributed by atoms with E-state index in [9.17, 15) is 22.4 Å². The first kappa shape index (κ1) is 32.8. The average Bonchev–Trinajstić information content (AvgIpc) is 3.56. The van der Waals surface area contributed by atoms with Crippen LogP contribution in [0.3, 0.4) is 0 Å². The van der Waals surface area contributed by atoms with Gasteiger partial charge in [0, 0.05) is 24.6 Å². The highest BCUT2D eigenvalue weighted by Crippen LogP contribution is 2.26. The zero-order valence-corrected chi connectivity index (χ0v) is 26.4. The van der Waals surface area contributed by atoms with Gasteiger partial charge in [-0.25, -0.2) is 17.2 Å². The van der Waals surface area contributed by atoms with Crippen molar-refractivity contribution in [1.82, 2.24) is 10.2 Å². The van der Waals surface area contributed by atoms with Crippen molar-refractivity contribution in [2.45, 2.75) is 62.6 Å². The standard InChI is InChI=1S/C36H37F2N3O4S/c1-26-15-19-31(20-16-26)41(46(44,45)32-21-17-29(37)18-22-32)25-35(42)40(24-28-11-5-8-14-33(28)38)34(23-27-9-3-2-4-10-27)36(43)39-30-12-6-7-13-30/h2-5,8-11,14-22,30,34H,6-7,12-13,23-25H2,1H3,(H,39,43)/t34-/m0/s1. The highest BCUT2D eigenvalue weighted by Gasteiger charge is 2.36. The maximum absolute atomic E-state index is 15.1. The Morgan fingerprint density at radius 2 is 1.48 bits per heavy atom. The van der Waals surface area contributed by atoms with E-state index in [1.54, 1.807) is 30.3 Å². The summed E-state index contributed by atoms with van der Waals surface area (Å²) in [6.45, 7) is 0.902. The van der Waals surface area contributed by atoms with Gasteiger partial charge in [-0.3, -0.25) is 13.9 Å². The number of anilines is 1. The van der Waals surface area contributed by atoms with Crippen LogP contribution in [0.5, 0.6) is 0 Å². The summed E-state index contributed by atoms with van der Waals surface area (Å²) in [6, 6.07) is 25.0. The van der Waals surface area contributed by atoms with E-state index < -0.39 is 40.2 Å². The number of sulfonamides is 1. The summed E-state index contributed by atoms with van der Waals surface area (Å²) in [5.74, 6) is -2.24. The Labute approximate surface area is 268 Å². The Morgan fingerprint density at radius 1 is 0.848 bits per heavy atom. The Kier molecular flexibility index (Phi) is 10.5. The first-order chi connectivity index (χ1) is 22.1. The van der Waals surface area contributed by atoms with E-state index in [-0.39, 0.29) is 41.1 Å². The molecule has 1 aliphatic rings. The summed E-state index contributed by atoms with van der Waals surface area (Å²) in [6.07, 6.45) is 3.75. The summed E-state index contributed by atoms with van der Waals surface area (Å²) in [5.41, 5.74) is 2.06. The van der Waals surface area contributed by atoms with E-state index in [1.165, 1.54) is 23.1 Å². The largest absolute Gasteiger partial charge is 0.352 e. The molecular weight excluding hydrogens is 608 g/mol. The molecule has 46 heavy (non-hydrogen) atoms. The van der Waals surface area contributed by atoms with E-state index in [2.05, 4.69) is 5.32 Å². The van der Waals surface area contributed by atoms with Crippen molar-refractivity contribution in [2.75, 3.05) is 10.8 Å². The molecule has 1 saturated carbocycles. The van der Waals surface area contributed by atoms with Crippen molar-refractivity contribution in [3.8, 4) is 0 Å². The number of hydrogen-bond acceptors (Lipinski definition) is 4. The van der Waals surface area contributed by atoms with Crippen LogP contribution in [0.1, 0.15) is 42.4 Å². The molecule has 5 rings (SSSR count). The van der Waals surface area contributed by atoms with Crippen LogP contribution in [0.15, 0.2) is 108 Å². The molecule has 0 spiro atoms. The van der Waals surface area contributed by atoms with E-state index in [0.717, 1.165) is 65.4 Å². The first-order valence-corrected chi connectivity index (χ1v) is 16.8. The van der Waals surface area contributed by atoms with Gasteiger partial charge < -0.3 is 10.2 Å². The van der Waals surface area contributed by atoms with Gasteiger partial charge in [0.1, 0.15) is 24.2 Å². The molecule has 4 aromatic carbocycles. The lowest BCUT2D eigenvalue weighted by Crippen LogP contribution is -2.54. The van der Waals surface area contributed by atoms with Gasteiger partial charge in [-0.15, -0.1) is 0 Å². The topological polar surface area (TPSA) is 86.8 Å². The second-order valence-electron chi connectivity index (χ2n) is 11.6. The minimum Gasteiger partial charge on any atom is -0.352 e. The smallest absolute Gasteiger partial charge is 0.264 e. The Morgan fingerprint density at radius 3 is 2.13 bits per heavy atom. The van der Waals surface area contributed by atoms with Crippen molar-refractivity contribution in [1.29, 1.82) is 0 Å². The van der Waals surface area contributed by atoms with Crippen LogP contribution >= 0.6 is 0 Å². The second kappa shape index (κ2) is 14.7. The third-order valence-electron chi connectivity index (χ3n) is 8.27. The van der Waals surface area contributed by atoms with Crippen molar-refractivity contribution in [3.63, 3.8) is 0 Å². The summed E-state index contributed by atoms with van der Waals surface area (Å²) in [4.78, 5) is 29.5. The molecule has 4 aromatic rings. The lowest BCUT2D eigenvalue weighted by atomic mass is 10.0. The van der Waals surface area contributed by atoms with Gasteiger partial charge in [-0.05, 0) is 67.8 Å². The van der Waals surface area contributed by atoms with Crippen molar-refractivity contribution >= 4 is 27.5 Å². The third-order valence-corrected chi connectivity index (χ3v) is 10.1. The Bertz CT molecular complexity index is 1740. The number of amides is 2. The van der Waals surface area contributed by atoms with E-state index in [4.69, 9.17) is 0 Å². The number of halogens is 2. The molecule has 1 N–H and O–H groups in total. The van der Waals surface area contributed by atoms with E-state index in [1.807, 2.05) is 37.3 Å². The number of benzene rings is 4.